The molecule has 0 radical (unpaired) electrons. The second kappa shape index (κ2) is 7.78. The third-order valence-electron chi connectivity index (χ3n) is 3.88. The number of benzene rings is 1. The standard InChI is InChI=1S/C18H24N2O2/c1-3-5-11-20(12-6-4-2)18(22)17(21)15-13-19-16-10-8-7-9-14(15)16/h7-10,13,19H,3-6,11-12H2,1-2H3. The quantitative estimate of drug-likeness (QED) is 0.596. The van der Waals surface area contributed by atoms with Crippen LogP contribution < -0.4 is 0 Å². The maximum atomic E-state index is 12.6. The van der Waals surface area contributed by atoms with Gasteiger partial charge in [0.25, 0.3) is 11.7 Å². The van der Waals surface area contributed by atoms with E-state index in [0.717, 1.165) is 36.6 Å². The zero-order valence-electron chi connectivity index (χ0n) is 13.4. The molecule has 0 fully saturated rings. The Bertz CT molecular complexity index is 637. The van der Waals surface area contributed by atoms with E-state index in [-0.39, 0.29) is 5.91 Å². The molecule has 0 unspecified atom stereocenters. The Balaban J connectivity index is 2.19. The van der Waals surface area contributed by atoms with Gasteiger partial charge in [0, 0.05) is 30.2 Å². The highest BCUT2D eigenvalue weighted by molar-refractivity contribution is 6.44. The number of ketones is 1. The molecule has 0 spiro atoms. The molecule has 1 N–H and O–H groups in total. The second-order valence-electron chi connectivity index (χ2n) is 5.58. The highest BCUT2D eigenvalue weighted by atomic mass is 16.2. The summed E-state index contributed by atoms with van der Waals surface area (Å²) in [5.74, 6) is -0.795. The molecule has 4 nitrogen and oxygen atoms in total. The van der Waals surface area contributed by atoms with E-state index in [1.54, 1.807) is 11.1 Å². The molecule has 0 aliphatic rings. The molecule has 1 aromatic carbocycles. The number of H-pyrrole nitrogens is 1. The van der Waals surface area contributed by atoms with Crippen LogP contribution in [0.3, 0.4) is 0 Å². The number of carbonyl (C=O) groups excluding carboxylic acids is 2. The molecule has 1 amide bonds. The maximum Gasteiger partial charge on any atom is 0.295 e. The van der Waals surface area contributed by atoms with Crippen LogP contribution in [0.2, 0.25) is 0 Å². The Morgan fingerprint density at radius 3 is 2.32 bits per heavy atom. The van der Waals surface area contributed by atoms with Gasteiger partial charge in [0.1, 0.15) is 0 Å². The van der Waals surface area contributed by atoms with E-state index in [9.17, 15) is 9.59 Å². The molecule has 0 atom stereocenters. The summed E-state index contributed by atoms with van der Waals surface area (Å²) in [6, 6.07) is 7.56. The number of carbonyl (C=O) groups is 2. The number of hydrogen-bond acceptors (Lipinski definition) is 2. The van der Waals surface area contributed by atoms with Crippen LogP contribution in [0.1, 0.15) is 49.9 Å². The van der Waals surface area contributed by atoms with Gasteiger partial charge in [-0.25, -0.2) is 0 Å². The van der Waals surface area contributed by atoms with E-state index in [0.29, 0.717) is 18.7 Å². The number of aromatic nitrogens is 1. The number of unbranched alkanes of at least 4 members (excludes halogenated alkanes) is 2. The minimum Gasteiger partial charge on any atom is -0.360 e. The Morgan fingerprint density at radius 1 is 1.05 bits per heavy atom. The fourth-order valence-electron chi connectivity index (χ4n) is 2.53. The number of aromatic amines is 1. The average Bonchev–Trinajstić information content (AvgIpc) is 2.98. The van der Waals surface area contributed by atoms with Crippen LogP contribution in [0.25, 0.3) is 10.9 Å². The summed E-state index contributed by atoms with van der Waals surface area (Å²) >= 11 is 0. The van der Waals surface area contributed by atoms with Crippen molar-refractivity contribution in [1.82, 2.24) is 9.88 Å². The van der Waals surface area contributed by atoms with E-state index >= 15 is 0 Å². The van der Waals surface area contributed by atoms with Gasteiger partial charge in [-0.3, -0.25) is 9.59 Å². The smallest absolute Gasteiger partial charge is 0.295 e. The summed E-state index contributed by atoms with van der Waals surface area (Å²) in [6.45, 7) is 5.49. The summed E-state index contributed by atoms with van der Waals surface area (Å²) in [5.41, 5.74) is 1.35. The molecule has 0 saturated carbocycles. The van der Waals surface area contributed by atoms with Crippen molar-refractivity contribution in [3.8, 4) is 0 Å². The molecular formula is C18H24N2O2. The minimum atomic E-state index is -0.412. The lowest BCUT2D eigenvalue weighted by Crippen LogP contribution is -2.38. The molecule has 0 saturated heterocycles. The molecule has 4 heteroatoms. The second-order valence-corrected chi connectivity index (χ2v) is 5.58. The van der Waals surface area contributed by atoms with Crippen molar-refractivity contribution in [2.24, 2.45) is 0 Å². The minimum absolute atomic E-state index is 0.383. The number of Topliss-reactive ketones (excluding diaryl/α,β-unsaturated/α-hetero) is 1. The third kappa shape index (κ3) is 3.56. The Hall–Kier alpha value is -2.10. The van der Waals surface area contributed by atoms with Crippen molar-refractivity contribution in [2.75, 3.05) is 13.1 Å². The zero-order chi connectivity index (χ0) is 15.9. The lowest BCUT2D eigenvalue weighted by Gasteiger charge is -2.21. The van der Waals surface area contributed by atoms with Gasteiger partial charge in [-0.2, -0.15) is 0 Å². The molecule has 22 heavy (non-hydrogen) atoms. The van der Waals surface area contributed by atoms with Crippen molar-refractivity contribution in [2.45, 2.75) is 39.5 Å². The van der Waals surface area contributed by atoms with Crippen molar-refractivity contribution in [3.63, 3.8) is 0 Å². The number of nitrogens with one attached hydrogen (secondary N) is 1. The first-order valence-electron chi connectivity index (χ1n) is 8.08. The van der Waals surface area contributed by atoms with Crippen LogP contribution >= 0.6 is 0 Å². The van der Waals surface area contributed by atoms with E-state index < -0.39 is 5.78 Å². The number of nitrogens with zero attached hydrogens (tertiary/aromatic N) is 1. The van der Waals surface area contributed by atoms with Gasteiger partial charge in [-0.1, -0.05) is 44.9 Å². The lowest BCUT2D eigenvalue weighted by molar-refractivity contribution is -0.126. The van der Waals surface area contributed by atoms with Crippen LogP contribution in [0.4, 0.5) is 0 Å². The SMILES string of the molecule is CCCCN(CCCC)C(=O)C(=O)c1c[nH]c2ccccc12. The Morgan fingerprint density at radius 2 is 1.68 bits per heavy atom. The number of hydrogen-bond donors (Lipinski definition) is 1. The summed E-state index contributed by atoms with van der Waals surface area (Å²) in [5, 5.41) is 0.812. The molecule has 2 rings (SSSR count). The van der Waals surface area contributed by atoms with Gasteiger partial charge in [0.05, 0.1) is 5.56 Å². The summed E-state index contributed by atoms with van der Waals surface area (Å²) in [4.78, 5) is 29.9. The zero-order valence-corrected chi connectivity index (χ0v) is 13.4. The number of amides is 1. The van der Waals surface area contributed by atoms with Gasteiger partial charge in [0.2, 0.25) is 0 Å². The predicted octanol–water partition coefficient (Wildman–Crippen LogP) is 3.78. The van der Waals surface area contributed by atoms with Gasteiger partial charge in [-0.15, -0.1) is 0 Å². The molecule has 0 aliphatic heterocycles. The normalized spacial score (nSPS) is 10.8. The molecular weight excluding hydrogens is 276 g/mol. The van der Waals surface area contributed by atoms with Crippen LogP contribution in [-0.2, 0) is 4.79 Å². The largest absolute Gasteiger partial charge is 0.360 e. The third-order valence-corrected chi connectivity index (χ3v) is 3.88. The van der Waals surface area contributed by atoms with Gasteiger partial charge in [-0.05, 0) is 18.9 Å². The number of rotatable bonds is 8. The first-order chi connectivity index (χ1) is 10.7. The molecule has 118 valence electrons. The fourth-order valence-corrected chi connectivity index (χ4v) is 2.53. The Kier molecular flexibility index (Phi) is 5.75. The van der Waals surface area contributed by atoms with Crippen molar-refractivity contribution in [3.05, 3.63) is 36.0 Å². The fraction of sp³-hybridized carbons (Fsp3) is 0.444. The van der Waals surface area contributed by atoms with Gasteiger partial charge < -0.3 is 9.88 Å². The van der Waals surface area contributed by atoms with Crippen LogP contribution in [-0.4, -0.2) is 34.7 Å². The predicted molar refractivity (Wildman–Crippen MR) is 89.0 cm³/mol. The highest BCUT2D eigenvalue weighted by Gasteiger charge is 2.24. The number of para-hydroxylation sites is 1. The van der Waals surface area contributed by atoms with Gasteiger partial charge >= 0.3 is 0 Å². The Labute approximate surface area is 131 Å². The number of fused-ring (bicyclic) bond motifs is 1. The molecule has 1 heterocycles. The van der Waals surface area contributed by atoms with Crippen molar-refractivity contribution < 1.29 is 9.59 Å². The monoisotopic (exact) mass is 300 g/mol. The van der Waals surface area contributed by atoms with E-state index in [1.165, 1.54) is 0 Å². The molecule has 0 bridgehead atoms. The first kappa shape index (κ1) is 16.3. The molecule has 1 aromatic heterocycles. The molecule has 0 aliphatic carbocycles. The highest BCUT2D eigenvalue weighted by Crippen LogP contribution is 2.19. The van der Waals surface area contributed by atoms with E-state index in [1.807, 2.05) is 24.3 Å². The summed E-state index contributed by atoms with van der Waals surface area (Å²) < 4.78 is 0. The molecule has 2 aromatic rings. The van der Waals surface area contributed by atoms with Crippen LogP contribution in [0.5, 0.6) is 0 Å². The van der Waals surface area contributed by atoms with E-state index in [2.05, 4.69) is 18.8 Å². The summed E-state index contributed by atoms with van der Waals surface area (Å²) in [7, 11) is 0. The van der Waals surface area contributed by atoms with Crippen molar-refractivity contribution in [1.29, 1.82) is 0 Å². The van der Waals surface area contributed by atoms with Gasteiger partial charge in [0.15, 0.2) is 0 Å². The summed E-state index contributed by atoms with van der Waals surface area (Å²) in [6.07, 6.45) is 5.52. The lowest BCUT2D eigenvalue weighted by atomic mass is 10.1. The topological polar surface area (TPSA) is 53.2 Å². The first-order valence-corrected chi connectivity index (χ1v) is 8.08. The van der Waals surface area contributed by atoms with Crippen molar-refractivity contribution >= 4 is 22.6 Å². The maximum absolute atomic E-state index is 12.6. The van der Waals surface area contributed by atoms with E-state index in [4.69, 9.17) is 0 Å². The van der Waals surface area contributed by atoms with Crippen LogP contribution in [0, 0.1) is 0 Å². The average molecular weight is 300 g/mol. The van der Waals surface area contributed by atoms with Crippen LogP contribution in [0.15, 0.2) is 30.5 Å².